The number of benzene rings is 2. The lowest BCUT2D eigenvalue weighted by Crippen LogP contribution is -2.39. The molecule has 188 valence electrons. The smallest absolute Gasteiger partial charge is 0.338 e. The number of rotatable bonds is 6. The molecule has 1 aliphatic rings. The van der Waals surface area contributed by atoms with Crippen LogP contribution in [0.1, 0.15) is 44.9 Å². The average molecular weight is 636 g/mol. The van der Waals surface area contributed by atoms with Crippen molar-refractivity contribution in [1.29, 1.82) is 0 Å². The summed E-state index contributed by atoms with van der Waals surface area (Å²) in [5, 5.41) is 10.5. The third-order valence-electron chi connectivity index (χ3n) is 5.43. The SMILES string of the molecule is CCOC(=O)C1=C(C)N=c2s/c(=C\c3cc(Br)cc(Br)c3O)c(=O)n2[C@@H]1c1ccc(OC(C)C)cc1. The first-order chi connectivity index (χ1) is 17.1. The van der Waals surface area contributed by atoms with Crippen molar-refractivity contribution >= 4 is 55.2 Å². The van der Waals surface area contributed by atoms with Crippen molar-refractivity contribution in [2.24, 2.45) is 4.99 Å². The standard InChI is InChI=1S/C26H24Br2N2O5S/c1-5-34-25(33)21-14(4)29-26-30(22(21)15-6-8-18(9-7-15)35-13(2)3)24(32)20(36-26)11-16-10-17(27)12-19(28)23(16)31/h6-13,22,31H,5H2,1-4H3/b20-11-/t22-/m1/s1. The van der Waals surface area contributed by atoms with Gasteiger partial charge >= 0.3 is 5.97 Å². The summed E-state index contributed by atoms with van der Waals surface area (Å²) in [6.07, 6.45) is 1.63. The van der Waals surface area contributed by atoms with Gasteiger partial charge in [-0.1, -0.05) is 39.4 Å². The van der Waals surface area contributed by atoms with Crippen LogP contribution in [0, 0.1) is 0 Å². The van der Waals surface area contributed by atoms with Crippen LogP contribution in [0.3, 0.4) is 0 Å². The Morgan fingerprint density at radius 2 is 1.94 bits per heavy atom. The second kappa shape index (κ2) is 10.7. The number of halogens is 2. The van der Waals surface area contributed by atoms with Crippen LogP contribution in [0.4, 0.5) is 0 Å². The Labute approximate surface area is 228 Å². The van der Waals surface area contributed by atoms with E-state index in [1.807, 2.05) is 38.1 Å². The van der Waals surface area contributed by atoms with Crippen LogP contribution in [0.2, 0.25) is 0 Å². The van der Waals surface area contributed by atoms with Gasteiger partial charge in [0.15, 0.2) is 4.80 Å². The molecule has 1 aliphatic heterocycles. The molecule has 0 saturated heterocycles. The van der Waals surface area contributed by atoms with E-state index in [1.165, 1.54) is 15.9 Å². The molecule has 2 aromatic carbocycles. The molecule has 36 heavy (non-hydrogen) atoms. The van der Waals surface area contributed by atoms with Crippen LogP contribution in [0.25, 0.3) is 6.08 Å². The van der Waals surface area contributed by atoms with E-state index in [4.69, 9.17) is 9.47 Å². The Bertz CT molecular complexity index is 1540. The first kappa shape index (κ1) is 26.4. The number of aromatic nitrogens is 1. The molecule has 7 nitrogen and oxygen atoms in total. The summed E-state index contributed by atoms with van der Waals surface area (Å²) in [6, 6.07) is 10.0. The number of ether oxygens (including phenoxy) is 2. The average Bonchev–Trinajstić information content (AvgIpc) is 3.11. The number of allylic oxidation sites excluding steroid dienone is 1. The summed E-state index contributed by atoms with van der Waals surface area (Å²) in [5.74, 6) is 0.189. The molecule has 0 amide bonds. The number of hydrogen-bond acceptors (Lipinski definition) is 7. The fraction of sp³-hybridized carbons (Fsp3) is 0.269. The third-order valence-corrected chi connectivity index (χ3v) is 7.47. The Morgan fingerprint density at radius 1 is 1.25 bits per heavy atom. The number of phenolic OH excluding ortho intramolecular Hbond substituents is 1. The minimum absolute atomic E-state index is 0.0141. The van der Waals surface area contributed by atoms with Gasteiger partial charge in [0, 0.05) is 10.0 Å². The zero-order valence-electron chi connectivity index (χ0n) is 20.0. The fourth-order valence-electron chi connectivity index (χ4n) is 3.94. The van der Waals surface area contributed by atoms with E-state index < -0.39 is 12.0 Å². The minimum Gasteiger partial charge on any atom is -0.506 e. The van der Waals surface area contributed by atoms with E-state index in [1.54, 1.807) is 32.1 Å². The molecule has 0 aliphatic carbocycles. The largest absolute Gasteiger partial charge is 0.506 e. The topological polar surface area (TPSA) is 90.1 Å². The van der Waals surface area contributed by atoms with Crippen molar-refractivity contribution < 1.29 is 19.4 Å². The van der Waals surface area contributed by atoms with Crippen LogP contribution < -0.4 is 19.6 Å². The Balaban J connectivity index is 1.93. The number of fused-ring (bicyclic) bond motifs is 1. The summed E-state index contributed by atoms with van der Waals surface area (Å²) in [6.45, 7) is 7.56. The van der Waals surface area contributed by atoms with Crippen molar-refractivity contribution in [3.8, 4) is 11.5 Å². The molecule has 0 saturated carbocycles. The molecule has 4 rings (SSSR count). The van der Waals surface area contributed by atoms with E-state index in [-0.39, 0.29) is 24.0 Å². The number of esters is 1. The maximum absolute atomic E-state index is 13.7. The minimum atomic E-state index is -0.724. The van der Waals surface area contributed by atoms with E-state index in [0.717, 1.165) is 10.0 Å². The van der Waals surface area contributed by atoms with Crippen LogP contribution in [-0.4, -0.2) is 28.4 Å². The molecule has 1 N–H and O–H groups in total. The molecule has 2 heterocycles. The van der Waals surface area contributed by atoms with Gasteiger partial charge in [-0.15, -0.1) is 0 Å². The molecule has 0 bridgehead atoms. The maximum Gasteiger partial charge on any atom is 0.338 e. The summed E-state index contributed by atoms with van der Waals surface area (Å²) >= 11 is 7.93. The fourth-order valence-corrected chi connectivity index (χ4v) is 6.24. The Hall–Kier alpha value is -2.69. The first-order valence-electron chi connectivity index (χ1n) is 11.2. The van der Waals surface area contributed by atoms with Crippen molar-refractivity contribution in [1.82, 2.24) is 4.57 Å². The van der Waals surface area contributed by atoms with Gasteiger partial charge in [-0.3, -0.25) is 9.36 Å². The molecular formula is C26H24Br2N2O5S. The third kappa shape index (κ3) is 5.21. The molecule has 3 aromatic rings. The molecule has 0 spiro atoms. The summed E-state index contributed by atoms with van der Waals surface area (Å²) in [5.41, 5.74) is 1.66. The van der Waals surface area contributed by atoms with Crippen LogP contribution in [0.15, 0.2) is 66.4 Å². The van der Waals surface area contributed by atoms with Gasteiger partial charge in [-0.2, -0.15) is 0 Å². The Morgan fingerprint density at radius 3 is 2.58 bits per heavy atom. The number of hydrogen-bond donors (Lipinski definition) is 1. The van der Waals surface area contributed by atoms with Gasteiger partial charge in [-0.25, -0.2) is 9.79 Å². The van der Waals surface area contributed by atoms with Crippen molar-refractivity contribution in [2.75, 3.05) is 6.61 Å². The number of carbonyl (C=O) groups is 1. The predicted molar refractivity (Wildman–Crippen MR) is 146 cm³/mol. The normalized spacial score (nSPS) is 15.6. The molecule has 1 aromatic heterocycles. The van der Waals surface area contributed by atoms with Crippen LogP contribution >= 0.6 is 43.2 Å². The molecular weight excluding hydrogens is 612 g/mol. The van der Waals surface area contributed by atoms with Crippen molar-refractivity contribution in [2.45, 2.75) is 39.8 Å². The lowest BCUT2D eigenvalue weighted by molar-refractivity contribution is -0.139. The summed E-state index contributed by atoms with van der Waals surface area (Å²) in [4.78, 5) is 31.8. The molecule has 0 fully saturated rings. The number of phenols is 1. The van der Waals surface area contributed by atoms with E-state index >= 15 is 0 Å². The highest BCUT2D eigenvalue weighted by molar-refractivity contribution is 9.11. The quantitative estimate of drug-likeness (QED) is 0.393. The zero-order chi connectivity index (χ0) is 26.1. The molecule has 10 heteroatoms. The van der Waals surface area contributed by atoms with Crippen LogP contribution in [-0.2, 0) is 9.53 Å². The summed E-state index contributed by atoms with van der Waals surface area (Å²) in [7, 11) is 0. The highest BCUT2D eigenvalue weighted by Crippen LogP contribution is 2.33. The van der Waals surface area contributed by atoms with Gasteiger partial charge in [0.25, 0.3) is 5.56 Å². The number of aromatic hydroxyl groups is 1. The number of carbonyl (C=O) groups excluding carboxylic acids is 1. The number of thiazole rings is 1. The van der Waals surface area contributed by atoms with Gasteiger partial charge in [0.2, 0.25) is 0 Å². The van der Waals surface area contributed by atoms with Crippen molar-refractivity contribution in [3.05, 3.63) is 87.4 Å². The van der Waals surface area contributed by atoms with Crippen LogP contribution in [0.5, 0.6) is 11.5 Å². The lowest BCUT2D eigenvalue weighted by atomic mass is 9.96. The van der Waals surface area contributed by atoms with Gasteiger partial charge < -0.3 is 14.6 Å². The zero-order valence-corrected chi connectivity index (χ0v) is 24.0. The first-order valence-corrected chi connectivity index (χ1v) is 13.6. The van der Waals surface area contributed by atoms with Gasteiger partial charge in [0.1, 0.15) is 11.5 Å². The monoisotopic (exact) mass is 634 g/mol. The molecule has 0 radical (unpaired) electrons. The highest BCUT2D eigenvalue weighted by atomic mass is 79.9. The number of nitrogens with zero attached hydrogens (tertiary/aromatic N) is 2. The van der Waals surface area contributed by atoms with E-state index in [9.17, 15) is 14.7 Å². The second-order valence-corrected chi connectivity index (χ2v) is 11.1. The van der Waals surface area contributed by atoms with E-state index in [2.05, 4.69) is 36.9 Å². The van der Waals surface area contributed by atoms with Gasteiger partial charge in [-0.05, 0) is 79.5 Å². The Kier molecular flexibility index (Phi) is 7.87. The van der Waals surface area contributed by atoms with Crippen molar-refractivity contribution in [3.63, 3.8) is 0 Å². The van der Waals surface area contributed by atoms with Gasteiger partial charge in [0.05, 0.1) is 39.0 Å². The molecule has 0 unspecified atom stereocenters. The highest BCUT2D eigenvalue weighted by Gasteiger charge is 2.33. The van der Waals surface area contributed by atoms with E-state index in [0.29, 0.717) is 36.4 Å². The predicted octanol–water partition coefficient (Wildman–Crippen LogP) is 4.82. The second-order valence-electron chi connectivity index (χ2n) is 8.36. The maximum atomic E-state index is 13.7. The lowest BCUT2D eigenvalue weighted by Gasteiger charge is -2.25. The summed E-state index contributed by atoms with van der Waals surface area (Å²) < 4.78 is 14.2. The molecule has 1 atom stereocenters.